The molecule has 0 radical (unpaired) electrons. The minimum Gasteiger partial charge on any atom is -0.399 e. The van der Waals surface area contributed by atoms with Gasteiger partial charge in [0.25, 0.3) is 0 Å². The van der Waals surface area contributed by atoms with Gasteiger partial charge in [0, 0.05) is 5.92 Å². The maximum Gasteiger partial charge on any atom is 0.106 e. The molecule has 5 saturated carbocycles. The Labute approximate surface area is 209 Å². The molecule has 3 heteroatoms. The average Bonchev–Trinajstić information content (AvgIpc) is 2.76. The van der Waals surface area contributed by atoms with E-state index in [0.29, 0.717) is 33.0 Å². The zero-order valence-electron chi connectivity index (χ0n) is 23.8. The van der Waals surface area contributed by atoms with Gasteiger partial charge in [-0.3, -0.25) is 0 Å². The Morgan fingerprint density at radius 2 is 1.38 bits per heavy atom. The lowest BCUT2D eigenvalue weighted by Crippen LogP contribution is -2.68. The highest BCUT2D eigenvalue weighted by atomic mass is 16.6. The molecule has 194 valence electrons. The molecule has 34 heavy (non-hydrogen) atoms. The molecule has 10 unspecified atom stereocenters. The van der Waals surface area contributed by atoms with Crippen LogP contribution in [0.3, 0.4) is 0 Å². The van der Waals surface area contributed by atoms with Gasteiger partial charge in [0.2, 0.25) is 0 Å². The van der Waals surface area contributed by atoms with Crippen molar-refractivity contribution in [1.82, 2.24) is 0 Å². The van der Waals surface area contributed by atoms with Gasteiger partial charge < -0.3 is 9.94 Å². The number of rotatable bonds is 1. The van der Waals surface area contributed by atoms with Crippen molar-refractivity contribution in [1.29, 1.82) is 0 Å². The van der Waals surface area contributed by atoms with Crippen LogP contribution in [0, 0.1) is 56.2 Å². The van der Waals surface area contributed by atoms with Crippen molar-refractivity contribution in [2.45, 2.75) is 126 Å². The summed E-state index contributed by atoms with van der Waals surface area (Å²) in [5.41, 5.74) is 3.22. The maximum absolute atomic E-state index is 11.2. The summed E-state index contributed by atoms with van der Waals surface area (Å²) in [7, 11) is 1.62. The number of aliphatic hydroxyl groups is 1. The van der Waals surface area contributed by atoms with Crippen LogP contribution in [0.2, 0.25) is 0 Å². The van der Waals surface area contributed by atoms with Crippen molar-refractivity contribution >= 4 is 5.71 Å². The third-order valence-corrected chi connectivity index (χ3v) is 14.0. The van der Waals surface area contributed by atoms with Crippen LogP contribution in [-0.2, 0) is 4.84 Å². The van der Waals surface area contributed by atoms with Gasteiger partial charge in [0.1, 0.15) is 7.11 Å². The van der Waals surface area contributed by atoms with E-state index in [4.69, 9.17) is 4.84 Å². The SMILES string of the molecule is CO/N=C1\C(O)CC2C(C)(CCC3C2(C)CCC2(C)C4CC(C)(C)CCC4(C)CCC32C)C1C. The molecule has 1 N–H and O–H groups in total. The topological polar surface area (TPSA) is 41.8 Å². The van der Waals surface area contributed by atoms with Gasteiger partial charge >= 0.3 is 0 Å². The van der Waals surface area contributed by atoms with Crippen LogP contribution in [0.1, 0.15) is 120 Å². The van der Waals surface area contributed by atoms with Gasteiger partial charge in [0.05, 0.1) is 11.8 Å². The monoisotopic (exact) mass is 471 g/mol. The molecule has 10 atom stereocenters. The largest absolute Gasteiger partial charge is 0.399 e. The molecule has 0 aromatic carbocycles. The first-order valence-electron chi connectivity index (χ1n) is 14.5. The summed E-state index contributed by atoms with van der Waals surface area (Å²) < 4.78 is 0. The molecule has 0 aromatic heterocycles. The number of aliphatic hydroxyl groups excluding tert-OH is 1. The first-order valence-corrected chi connectivity index (χ1v) is 14.5. The molecule has 0 spiro atoms. The molecular weight excluding hydrogens is 418 g/mol. The van der Waals surface area contributed by atoms with Crippen molar-refractivity contribution < 1.29 is 9.94 Å². The second kappa shape index (κ2) is 7.48. The van der Waals surface area contributed by atoms with E-state index in [1.807, 2.05) is 0 Å². The van der Waals surface area contributed by atoms with E-state index >= 15 is 0 Å². The highest BCUT2D eigenvalue weighted by molar-refractivity contribution is 5.91. The number of fused-ring (bicyclic) bond motifs is 7. The molecule has 0 heterocycles. The molecule has 3 nitrogen and oxygen atoms in total. The van der Waals surface area contributed by atoms with E-state index in [1.165, 1.54) is 57.8 Å². The van der Waals surface area contributed by atoms with Gasteiger partial charge in [-0.25, -0.2) is 0 Å². The summed E-state index contributed by atoms with van der Waals surface area (Å²) in [6.07, 6.45) is 12.7. The summed E-state index contributed by atoms with van der Waals surface area (Å²) >= 11 is 0. The van der Waals surface area contributed by atoms with Crippen LogP contribution in [0.5, 0.6) is 0 Å². The van der Waals surface area contributed by atoms with Crippen LogP contribution in [0.4, 0.5) is 0 Å². The lowest BCUT2D eigenvalue weighted by molar-refractivity contribution is -0.256. The van der Waals surface area contributed by atoms with Gasteiger partial charge in [-0.05, 0) is 114 Å². The van der Waals surface area contributed by atoms with Gasteiger partial charge in [-0.2, -0.15) is 0 Å². The second-order valence-corrected chi connectivity index (χ2v) is 15.7. The number of hydrogen-bond acceptors (Lipinski definition) is 3. The Kier molecular flexibility index (Phi) is 5.52. The van der Waals surface area contributed by atoms with Gasteiger partial charge in [-0.1, -0.05) is 60.5 Å². The molecule has 0 amide bonds. The van der Waals surface area contributed by atoms with E-state index in [1.54, 1.807) is 7.11 Å². The van der Waals surface area contributed by atoms with Crippen molar-refractivity contribution in [2.24, 2.45) is 61.3 Å². The van der Waals surface area contributed by atoms with Crippen molar-refractivity contribution in [3.63, 3.8) is 0 Å². The minimum atomic E-state index is -0.460. The predicted molar refractivity (Wildman–Crippen MR) is 141 cm³/mol. The van der Waals surface area contributed by atoms with Crippen LogP contribution < -0.4 is 0 Å². The Morgan fingerprint density at radius 3 is 2.06 bits per heavy atom. The third-order valence-electron chi connectivity index (χ3n) is 14.0. The number of nitrogens with zero attached hydrogens (tertiary/aromatic N) is 1. The van der Waals surface area contributed by atoms with Crippen molar-refractivity contribution in [2.75, 3.05) is 7.11 Å². The molecule has 5 fully saturated rings. The quantitative estimate of drug-likeness (QED) is 0.395. The number of oxime groups is 1. The smallest absolute Gasteiger partial charge is 0.106 e. The second-order valence-electron chi connectivity index (χ2n) is 15.7. The zero-order chi connectivity index (χ0) is 24.9. The molecule has 5 rings (SSSR count). The van der Waals surface area contributed by atoms with E-state index in [-0.39, 0.29) is 11.3 Å². The first kappa shape index (κ1) is 25.1. The van der Waals surface area contributed by atoms with Gasteiger partial charge in [-0.15, -0.1) is 0 Å². The van der Waals surface area contributed by atoms with Gasteiger partial charge in [0.15, 0.2) is 0 Å². The van der Waals surface area contributed by atoms with Crippen molar-refractivity contribution in [3.8, 4) is 0 Å². The fourth-order valence-electron chi connectivity index (χ4n) is 11.4. The fraction of sp³-hybridized carbons (Fsp3) is 0.968. The first-order chi connectivity index (χ1) is 15.7. The van der Waals surface area contributed by atoms with Crippen LogP contribution in [0.25, 0.3) is 0 Å². The predicted octanol–water partition coefficient (Wildman–Crippen LogP) is 7.86. The normalized spacial score (nSPS) is 57.7. The standard InChI is InChI=1S/C31H53NO2/c1-20-25(32-34-9)21(33)18-23-28(20,5)11-10-22-29(23,6)15-17-31(8)24-19-26(2,3)12-13-27(24,4)14-16-30(22,31)7/h20-24,33H,10-19H2,1-9H3/b32-25-. The fourth-order valence-corrected chi connectivity index (χ4v) is 11.4. The summed E-state index contributed by atoms with van der Waals surface area (Å²) in [6, 6.07) is 0. The van der Waals surface area contributed by atoms with E-state index in [0.717, 1.165) is 24.0 Å². The summed E-state index contributed by atoms with van der Waals surface area (Å²) in [6.45, 7) is 20.6. The third kappa shape index (κ3) is 3.07. The Bertz CT molecular complexity index is 865. The lowest BCUT2D eigenvalue weighted by atomic mass is 9.30. The van der Waals surface area contributed by atoms with E-state index in [9.17, 15) is 5.11 Å². The molecular formula is C31H53NO2. The molecule has 5 aliphatic rings. The molecule has 0 aromatic rings. The van der Waals surface area contributed by atoms with E-state index in [2.05, 4.69) is 60.5 Å². The summed E-state index contributed by atoms with van der Waals surface area (Å²) in [5.74, 6) is 2.43. The highest BCUT2D eigenvalue weighted by Gasteiger charge is 2.71. The number of hydrogen-bond donors (Lipinski definition) is 1. The molecule has 0 saturated heterocycles. The minimum absolute atomic E-state index is 0.196. The highest BCUT2D eigenvalue weighted by Crippen LogP contribution is 2.78. The Balaban J connectivity index is 1.54. The van der Waals surface area contributed by atoms with Crippen molar-refractivity contribution in [3.05, 3.63) is 0 Å². The van der Waals surface area contributed by atoms with Crippen LogP contribution in [-0.4, -0.2) is 24.0 Å². The summed E-state index contributed by atoms with van der Waals surface area (Å²) in [5, 5.41) is 15.5. The van der Waals surface area contributed by atoms with Crippen LogP contribution in [0.15, 0.2) is 5.16 Å². The zero-order valence-corrected chi connectivity index (χ0v) is 23.8. The lowest BCUT2D eigenvalue weighted by Gasteiger charge is -2.75. The maximum atomic E-state index is 11.2. The Hall–Kier alpha value is -0.570. The van der Waals surface area contributed by atoms with Crippen LogP contribution >= 0.6 is 0 Å². The van der Waals surface area contributed by atoms with E-state index < -0.39 is 6.10 Å². The summed E-state index contributed by atoms with van der Waals surface area (Å²) in [4.78, 5) is 5.18. The molecule has 0 bridgehead atoms. The molecule has 0 aliphatic heterocycles. The average molecular weight is 472 g/mol. The Morgan fingerprint density at radius 1 is 0.765 bits per heavy atom. The molecule has 5 aliphatic carbocycles.